The number of ether oxygens (including phenoxy) is 1. The van der Waals surface area contributed by atoms with Crippen LogP contribution in [-0.2, 0) is 0 Å². The van der Waals surface area contributed by atoms with Gasteiger partial charge in [-0.3, -0.25) is 4.79 Å². The van der Waals surface area contributed by atoms with Crippen molar-refractivity contribution in [2.24, 2.45) is 0 Å². The molecule has 0 atom stereocenters. The average Bonchev–Trinajstić information content (AvgIpc) is 2.28. The van der Waals surface area contributed by atoms with Crippen LogP contribution in [0.25, 0.3) is 0 Å². The van der Waals surface area contributed by atoms with E-state index in [4.69, 9.17) is 0 Å². The molecule has 0 spiro atoms. The molecule has 100 valence electrons. The quantitative estimate of drug-likeness (QED) is 0.884. The Morgan fingerprint density at radius 3 is 2.61 bits per heavy atom. The van der Waals surface area contributed by atoms with Crippen molar-refractivity contribution < 1.29 is 22.7 Å². The van der Waals surface area contributed by atoms with Gasteiger partial charge in [0.15, 0.2) is 0 Å². The van der Waals surface area contributed by atoms with E-state index in [1.54, 1.807) is 0 Å². The van der Waals surface area contributed by atoms with Crippen molar-refractivity contribution in [1.82, 2.24) is 10.3 Å². The lowest BCUT2D eigenvalue weighted by Crippen LogP contribution is -2.45. The van der Waals surface area contributed by atoms with Crippen LogP contribution in [0.2, 0.25) is 0 Å². The smallest absolute Gasteiger partial charge is 0.388 e. The Balaban J connectivity index is 2.70. The van der Waals surface area contributed by atoms with Crippen LogP contribution in [0, 0.1) is 0 Å². The van der Waals surface area contributed by atoms with Gasteiger partial charge in [0.2, 0.25) is 5.88 Å². The van der Waals surface area contributed by atoms with E-state index in [1.165, 1.54) is 19.9 Å². The van der Waals surface area contributed by atoms with E-state index in [-0.39, 0.29) is 11.4 Å². The predicted octanol–water partition coefficient (Wildman–Crippen LogP) is 2.16. The number of nitrogens with one attached hydrogen (secondary N) is 1. The summed E-state index contributed by atoms with van der Waals surface area (Å²) in [6, 6.07) is 2.41. The summed E-state index contributed by atoms with van der Waals surface area (Å²) in [5.74, 6) is -0.819. The molecular weight excluding hydrogens is 249 g/mol. The number of amides is 1. The zero-order valence-electron chi connectivity index (χ0n) is 9.91. The molecular formula is C11H13F3N2O2. The van der Waals surface area contributed by atoms with Gasteiger partial charge in [-0.1, -0.05) is 0 Å². The summed E-state index contributed by atoms with van der Waals surface area (Å²) in [5.41, 5.74) is -0.854. The van der Waals surface area contributed by atoms with Crippen molar-refractivity contribution in [2.75, 3.05) is 6.67 Å². The van der Waals surface area contributed by atoms with Crippen LogP contribution in [0.3, 0.4) is 0 Å². The van der Waals surface area contributed by atoms with Gasteiger partial charge in [-0.25, -0.2) is 9.37 Å². The first-order valence-corrected chi connectivity index (χ1v) is 5.13. The molecule has 0 aliphatic carbocycles. The van der Waals surface area contributed by atoms with Crippen molar-refractivity contribution in [3.63, 3.8) is 0 Å². The molecule has 0 fully saturated rings. The van der Waals surface area contributed by atoms with Gasteiger partial charge >= 0.3 is 6.61 Å². The van der Waals surface area contributed by atoms with Crippen LogP contribution in [0.4, 0.5) is 13.2 Å². The van der Waals surface area contributed by atoms with Crippen LogP contribution >= 0.6 is 0 Å². The van der Waals surface area contributed by atoms with Crippen molar-refractivity contribution in [3.05, 3.63) is 23.9 Å². The Bertz CT molecular complexity index is 407. The molecule has 7 heteroatoms. The van der Waals surface area contributed by atoms with E-state index < -0.39 is 24.7 Å². The summed E-state index contributed by atoms with van der Waals surface area (Å²) in [5, 5.41) is 2.44. The summed E-state index contributed by atoms with van der Waals surface area (Å²) in [6.07, 6.45) is 1.08. The van der Waals surface area contributed by atoms with Crippen molar-refractivity contribution >= 4 is 5.91 Å². The number of rotatable bonds is 5. The number of hydrogen-bond donors (Lipinski definition) is 1. The molecule has 0 saturated carbocycles. The molecule has 1 amide bonds. The third kappa shape index (κ3) is 4.23. The number of nitrogens with zero attached hydrogens (tertiary/aromatic N) is 1. The number of halogens is 3. The maximum Gasteiger partial charge on any atom is 0.388 e. The summed E-state index contributed by atoms with van der Waals surface area (Å²) in [4.78, 5) is 15.2. The minimum Gasteiger partial charge on any atom is -0.417 e. The highest BCUT2D eigenvalue weighted by molar-refractivity contribution is 5.94. The Hall–Kier alpha value is -1.79. The zero-order chi connectivity index (χ0) is 13.8. The number of aromatic nitrogens is 1. The van der Waals surface area contributed by atoms with Crippen molar-refractivity contribution in [1.29, 1.82) is 0 Å². The van der Waals surface area contributed by atoms with Crippen LogP contribution in [0.1, 0.15) is 24.2 Å². The predicted molar refractivity (Wildman–Crippen MR) is 58.4 cm³/mol. The summed E-state index contributed by atoms with van der Waals surface area (Å²) in [6.45, 7) is -0.652. The zero-order valence-corrected chi connectivity index (χ0v) is 9.91. The molecule has 0 aromatic carbocycles. The van der Waals surface area contributed by atoms with E-state index in [0.717, 1.165) is 12.3 Å². The number of pyridine rings is 1. The van der Waals surface area contributed by atoms with Gasteiger partial charge in [0.1, 0.15) is 6.67 Å². The average molecular weight is 262 g/mol. The summed E-state index contributed by atoms with van der Waals surface area (Å²) >= 11 is 0. The van der Waals surface area contributed by atoms with Crippen LogP contribution < -0.4 is 10.1 Å². The van der Waals surface area contributed by atoms with Crippen LogP contribution in [0.15, 0.2) is 18.3 Å². The molecule has 0 saturated heterocycles. The number of carbonyl (C=O) groups excluding carboxylic acids is 1. The third-order valence-electron chi connectivity index (χ3n) is 1.99. The molecule has 0 radical (unpaired) electrons. The Kier molecular flexibility index (Phi) is 4.52. The molecule has 0 unspecified atom stereocenters. The Morgan fingerprint density at radius 2 is 2.17 bits per heavy atom. The van der Waals surface area contributed by atoms with E-state index in [2.05, 4.69) is 15.0 Å². The second kappa shape index (κ2) is 5.70. The van der Waals surface area contributed by atoms with E-state index >= 15 is 0 Å². The normalized spacial score (nSPS) is 11.4. The first-order valence-electron chi connectivity index (χ1n) is 5.13. The molecule has 0 bridgehead atoms. The maximum atomic E-state index is 12.5. The van der Waals surface area contributed by atoms with Gasteiger partial charge in [-0.15, -0.1) is 0 Å². The van der Waals surface area contributed by atoms with Crippen molar-refractivity contribution in [2.45, 2.75) is 26.0 Å². The number of hydrogen-bond acceptors (Lipinski definition) is 3. The monoisotopic (exact) mass is 262 g/mol. The molecule has 1 aromatic rings. The summed E-state index contributed by atoms with van der Waals surface area (Å²) < 4.78 is 40.3. The summed E-state index contributed by atoms with van der Waals surface area (Å²) in [7, 11) is 0. The third-order valence-corrected chi connectivity index (χ3v) is 1.99. The second-order valence-corrected chi connectivity index (χ2v) is 4.24. The van der Waals surface area contributed by atoms with E-state index in [9.17, 15) is 18.0 Å². The Morgan fingerprint density at radius 1 is 1.50 bits per heavy atom. The van der Waals surface area contributed by atoms with Gasteiger partial charge in [0.05, 0.1) is 11.1 Å². The molecule has 1 heterocycles. The second-order valence-electron chi connectivity index (χ2n) is 4.24. The Labute approximate surface area is 102 Å². The molecule has 4 nitrogen and oxygen atoms in total. The van der Waals surface area contributed by atoms with Gasteiger partial charge < -0.3 is 10.1 Å². The lowest BCUT2D eigenvalue weighted by atomic mass is 10.1. The van der Waals surface area contributed by atoms with E-state index in [0.29, 0.717) is 0 Å². The molecule has 1 rings (SSSR count). The van der Waals surface area contributed by atoms with E-state index in [1.807, 2.05) is 0 Å². The highest BCUT2D eigenvalue weighted by Crippen LogP contribution is 2.12. The fourth-order valence-electron chi connectivity index (χ4n) is 1.09. The number of carbonyl (C=O) groups is 1. The van der Waals surface area contributed by atoms with Crippen LogP contribution in [0.5, 0.6) is 5.88 Å². The highest BCUT2D eigenvalue weighted by Gasteiger charge is 2.21. The van der Waals surface area contributed by atoms with Gasteiger partial charge in [0.25, 0.3) is 5.91 Å². The minimum atomic E-state index is -2.97. The molecule has 18 heavy (non-hydrogen) atoms. The first-order chi connectivity index (χ1) is 8.34. The minimum absolute atomic E-state index is 0.137. The molecule has 1 aromatic heterocycles. The SMILES string of the molecule is CC(C)(CF)NC(=O)c1ccc(OC(F)F)nc1. The molecule has 0 aliphatic rings. The van der Waals surface area contributed by atoms with Crippen molar-refractivity contribution in [3.8, 4) is 5.88 Å². The largest absolute Gasteiger partial charge is 0.417 e. The standard InChI is InChI=1S/C11H13F3N2O2/c1-11(2,6-12)16-9(17)7-3-4-8(15-5-7)18-10(13)14/h3-5,10H,6H2,1-2H3,(H,16,17). The highest BCUT2D eigenvalue weighted by atomic mass is 19.3. The van der Waals surface area contributed by atoms with Gasteiger partial charge in [-0.05, 0) is 19.9 Å². The molecule has 0 aliphatic heterocycles. The topological polar surface area (TPSA) is 51.2 Å². The fourth-order valence-corrected chi connectivity index (χ4v) is 1.09. The fraction of sp³-hybridized carbons (Fsp3) is 0.455. The first kappa shape index (κ1) is 14.3. The van der Waals surface area contributed by atoms with Gasteiger partial charge in [-0.2, -0.15) is 8.78 Å². The lowest BCUT2D eigenvalue weighted by Gasteiger charge is -2.22. The number of alkyl halides is 3. The lowest BCUT2D eigenvalue weighted by molar-refractivity contribution is -0.0528. The van der Waals surface area contributed by atoms with Crippen LogP contribution in [-0.4, -0.2) is 29.7 Å². The maximum absolute atomic E-state index is 12.5. The molecule has 1 N–H and O–H groups in total. The van der Waals surface area contributed by atoms with Gasteiger partial charge in [0, 0.05) is 12.3 Å².